The van der Waals surface area contributed by atoms with Crippen LogP contribution < -0.4 is 5.32 Å². The minimum Gasteiger partial charge on any atom is -0.394 e. The lowest BCUT2D eigenvalue weighted by Gasteiger charge is -2.27. The van der Waals surface area contributed by atoms with Crippen LogP contribution in [0.3, 0.4) is 0 Å². The van der Waals surface area contributed by atoms with E-state index in [0.717, 1.165) is 25.8 Å². The van der Waals surface area contributed by atoms with Gasteiger partial charge in [0.25, 0.3) is 0 Å². The SMILES string of the molecule is CC#CCCNC1(CO)CCCC1. The third-order valence-corrected chi connectivity index (χ3v) is 2.79. The number of hydrogen-bond acceptors (Lipinski definition) is 2. The summed E-state index contributed by atoms with van der Waals surface area (Å²) >= 11 is 0. The van der Waals surface area contributed by atoms with Crippen molar-refractivity contribution < 1.29 is 5.11 Å². The van der Waals surface area contributed by atoms with Crippen LogP contribution in [0.4, 0.5) is 0 Å². The molecule has 74 valence electrons. The monoisotopic (exact) mass is 181 g/mol. The first kappa shape index (κ1) is 10.6. The number of rotatable bonds is 4. The van der Waals surface area contributed by atoms with Crippen LogP contribution in [0.1, 0.15) is 39.0 Å². The van der Waals surface area contributed by atoms with Crippen molar-refractivity contribution >= 4 is 0 Å². The quantitative estimate of drug-likeness (QED) is 0.506. The summed E-state index contributed by atoms with van der Waals surface area (Å²) in [5.41, 5.74) is 0.0232. The van der Waals surface area contributed by atoms with Gasteiger partial charge in [0.1, 0.15) is 0 Å². The average molecular weight is 181 g/mol. The molecule has 0 aromatic heterocycles. The first-order chi connectivity index (χ1) is 6.33. The van der Waals surface area contributed by atoms with Crippen LogP contribution in [0.25, 0.3) is 0 Å². The summed E-state index contributed by atoms with van der Waals surface area (Å²) in [6.45, 7) is 3.03. The van der Waals surface area contributed by atoms with Crippen molar-refractivity contribution in [3.63, 3.8) is 0 Å². The van der Waals surface area contributed by atoms with Crippen LogP contribution in [0.5, 0.6) is 0 Å². The second-order valence-electron chi connectivity index (χ2n) is 3.75. The lowest BCUT2D eigenvalue weighted by Crippen LogP contribution is -2.46. The first-order valence-corrected chi connectivity index (χ1v) is 5.08. The Bertz CT molecular complexity index is 196. The van der Waals surface area contributed by atoms with Crippen LogP contribution in [-0.4, -0.2) is 23.8 Å². The largest absolute Gasteiger partial charge is 0.394 e. The molecule has 13 heavy (non-hydrogen) atoms. The molecule has 1 rings (SSSR count). The lowest BCUT2D eigenvalue weighted by molar-refractivity contribution is 0.165. The zero-order valence-electron chi connectivity index (χ0n) is 8.40. The number of hydrogen-bond donors (Lipinski definition) is 2. The van der Waals surface area contributed by atoms with Gasteiger partial charge in [0.15, 0.2) is 0 Å². The topological polar surface area (TPSA) is 32.3 Å². The molecule has 0 aromatic carbocycles. The number of nitrogens with one attached hydrogen (secondary N) is 1. The molecule has 0 aromatic rings. The molecule has 1 aliphatic rings. The highest BCUT2D eigenvalue weighted by Gasteiger charge is 2.31. The van der Waals surface area contributed by atoms with Crippen molar-refractivity contribution in [3.05, 3.63) is 0 Å². The molecule has 0 bridgehead atoms. The van der Waals surface area contributed by atoms with Gasteiger partial charge in [0, 0.05) is 18.5 Å². The molecule has 0 aliphatic heterocycles. The fraction of sp³-hybridized carbons (Fsp3) is 0.818. The molecule has 2 heteroatoms. The predicted molar refractivity (Wildman–Crippen MR) is 54.4 cm³/mol. The van der Waals surface area contributed by atoms with E-state index in [2.05, 4.69) is 17.2 Å². The highest BCUT2D eigenvalue weighted by atomic mass is 16.3. The summed E-state index contributed by atoms with van der Waals surface area (Å²) < 4.78 is 0. The highest BCUT2D eigenvalue weighted by molar-refractivity contribution is 4.97. The molecule has 0 saturated heterocycles. The number of aliphatic hydroxyl groups is 1. The van der Waals surface area contributed by atoms with E-state index in [1.807, 2.05) is 6.92 Å². The van der Waals surface area contributed by atoms with Crippen molar-refractivity contribution in [2.45, 2.75) is 44.6 Å². The number of aliphatic hydroxyl groups excluding tert-OH is 1. The minimum atomic E-state index is 0.0232. The Kier molecular flexibility index (Phi) is 4.27. The summed E-state index contributed by atoms with van der Waals surface area (Å²) in [5, 5.41) is 12.7. The Morgan fingerprint density at radius 2 is 2.08 bits per heavy atom. The van der Waals surface area contributed by atoms with Crippen molar-refractivity contribution in [2.75, 3.05) is 13.2 Å². The third-order valence-electron chi connectivity index (χ3n) is 2.79. The average Bonchev–Trinajstić information content (AvgIpc) is 2.62. The van der Waals surface area contributed by atoms with Gasteiger partial charge in [-0.1, -0.05) is 12.8 Å². The van der Waals surface area contributed by atoms with Crippen LogP contribution in [-0.2, 0) is 0 Å². The molecule has 2 nitrogen and oxygen atoms in total. The van der Waals surface area contributed by atoms with Crippen molar-refractivity contribution in [1.29, 1.82) is 0 Å². The molecule has 0 amide bonds. The summed E-state index contributed by atoms with van der Waals surface area (Å²) in [4.78, 5) is 0. The zero-order chi connectivity index (χ0) is 9.57. The molecule has 1 fully saturated rings. The second kappa shape index (κ2) is 5.26. The zero-order valence-corrected chi connectivity index (χ0v) is 8.40. The summed E-state index contributed by atoms with van der Waals surface area (Å²) in [7, 11) is 0. The second-order valence-corrected chi connectivity index (χ2v) is 3.75. The maximum atomic E-state index is 9.27. The van der Waals surface area contributed by atoms with E-state index < -0.39 is 0 Å². The molecule has 0 atom stereocenters. The molecule has 0 unspecified atom stereocenters. The van der Waals surface area contributed by atoms with Crippen molar-refractivity contribution in [2.24, 2.45) is 0 Å². The molecule has 0 radical (unpaired) electrons. The molecular formula is C11H19NO. The lowest BCUT2D eigenvalue weighted by atomic mass is 9.99. The van der Waals surface area contributed by atoms with Crippen LogP contribution in [0.2, 0.25) is 0 Å². The maximum Gasteiger partial charge on any atom is 0.0613 e. The van der Waals surface area contributed by atoms with E-state index in [-0.39, 0.29) is 12.1 Å². The third kappa shape index (κ3) is 3.02. The van der Waals surface area contributed by atoms with E-state index in [1.54, 1.807) is 0 Å². The van der Waals surface area contributed by atoms with Crippen molar-refractivity contribution in [3.8, 4) is 11.8 Å². The van der Waals surface area contributed by atoms with E-state index >= 15 is 0 Å². The normalized spacial score (nSPS) is 19.5. The summed E-state index contributed by atoms with van der Waals surface area (Å²) in [5.74, 6) is 5.89. The molecule has 0 heterocycles. The van der Waals surface area contributed by atoms with Gasteiger partial charge in [-0.15, -0.1) is 11.8 Å². The minimum absolute atomic E-state index is 0.0232. The standard InChI is InChI=1S/C11H19NO/c1-2-3-6-9-12-11(10-13)7-4-5-8-11/h12-13H,4-10H2,1H3. The Hall–Kier alpha value is -0.520. The van der Waals surface area contributed by atoms with Crippen LogP contribution >= 0.6 is 0 Å². The molecule has 1 saturated carbocycles. The first-order valence-electron chi connectivity index (χ1n) is 5.08. The van der Waals surface area contributed by atoms with E-state index in [9.17, 15) is 5.11 Å². The van der Waals surface area contributed by atoms with E-state index in [1.165, 1.54) is 12.8 Å². The predicted octanol–water partition coefficient (Wildman–Crippen LogP) is 1.29. The van der Waals surface area contributed by atoms with Crippen LogP contribution in [0, 0.1) is 11.8 Å². The van der Waals surface area contributed by atoms with Gasteiger partial charge in [-0.3, -0.25) is 0 Å². The van der Waals surface area contributed by atoms with E-state index in [4.69, 9.17) is 0 Å². The van der Waals surface area contributed by atoms with Gasteiger partial charge in [0.2, 0.25) is 0 Å². The highest BCUT2D eigenvalue weighted by Crippen LogP contribution is 2.28. The molecule has 0 spiro atoms. The van der Waals surface area contributed by atoms with Gasteiger partial charge in [-0.25, -0.2) is 0 Å². The Morgan fingerprint density at radius 3 is 2.62 bits per heavy atom. The molecule has 1 aliphatic carbocycles. The van der Waals surface area contributed by atoms with Crippen LogP contribution in [0.15, 0.2) is 0 Å². The fourth-order valence-electron chi connectivity index (χ4n) is 1.96. The van der Waals surface area contributed by atoms with Gasteiger partial charge in [0.05, 0.1) is 6.61 Å². The summed E-state index contributed by atoms with van der Waals surface area (Å²) in [6, 6.07) is 0. The molecule has 2 N–H and O–H groups in total. The molecular weight excluding hydrogens is 162 g/mol. The Morgan fingerprint density at radius 1 is 1.38 bits per heavy atom. The van der Waals surface area contributed by atoms with E-state index in [0.29, 0.717) is 0 Å². The maximum absolute atomic E-state index is 9.27. The van der Waals surface area contributed by atoms with Gasteiger partial charge < -0.3 is 10.4 Å². The van der Waals surface area contributed by atoms with Gasteiger partial charge >= 0.3 is 0 Å². The van der Waals surface area contributed by atoms with Gasteiger partial charge in [-0.05, 0) is 19.8 Å². The fourth-order valence-corrected chi connectivity index (χ4v) is 1.96. The smallest absolute Gasteiger partial charge is 0.0613 e. The van der Waals surface area contributed by atoms with Crippen molar-refractivity contribution in [1.82, 2.24) is 5.32 Å². The Labute approximate surface area is 80.7 Å². The van der Waals surface area contributed by atoms with Gasteiger partial charge in [-0.2, -0.15) is 0 Å². The Balaban J connectivity index is 2.26. The summed E-state index contributed by atoms with van der Waals surface area (Å²) in [6.07, 6.45) is 5.60.